The van der Waals surface area contributed by atoms with Crippen molar-refractivity contribution in [3.63, 3.8) is 0 Å². The molecule has 0 spiro atoms. The zero-order valence-corrected chi connectivity index (χ0v) is 12.3. The third kappa shape index (κ3) is 4.40. The van der Waals surface area contributed by atoms with Gasteiger partial charge in [-0.2, -0.15) is 0 Å². The van der Waals surface area contributed by atoms with Crippen molar-refractivity contribution in [1.29, 1.82) is 0 Å². The van der Waals surface area contributed by atoms with Crippen LogP contribution in [0.2, 0.25) is 0 Å². The van der Waals surface area contributed by atoms with Crippen LogP contribution in [0.25, 0.3) is 0 Å². The molecule has 0 N–H and O–H groups in total. The Morgan fingerprint density at radius 1 is 1.06 bits per heavy atom. The second kappa shape index (κ2) is 5.90. The van der Waals surface area contributed by atoms with E-state index in [1.807, 2.05) is 0 Å². The topological polar surface area (TPSA) is 3.24 Å². The summed E-state index contributed by atoms with van der Waals surface area (Å²) in [6.07, 6.45) is 6.56. The van der Waals surface area contributed by atoms with Crippen molar-refractivity contribution in [2.45, 2.75) is 51.5 Å². The van der Waals surface area contributed by atoms with Crippen LogP contribution in [0.15, 0.2) is 0 Å². The molecule has 0 aromatic rings. The average molecular weight is 268 g/mol. The molecule has 4 heteroatoms. The van der Waals surface area contributed by atoms with Crippen molar-refractivity contribution >= 4 is 23.6 Å². The minimum Gasteiger partial charge on any atom is -0.326 e. The summed E-state index contributed by atoms with van der Waals surface area (Å²) >= 11 is 11.7. The van der Waals surface area contributed by atoms with Crippen LogP contribution < -0.4 is 0 Å². The molecule has 0 amide bonds. The van der Waals surface area contributed by atoms with Gasteiger partial charge in [0.2, 0.25) is 0 Å². The van der Waals surface area contributed by atoms with Gasteiger partial charge in [0.1, 0.15) is 0 Å². The Bertz CT molecular complexity index is 209. The Morgan fingerprint density at radius 2 is 1.56 bits per heavy atom. The largest absolute Gasteiger partial charge is 0.326 e. The Kier molecular flexibility index (Phi) is 5.37. The molecule has 0 aliphatic carbocycles. The summed E-state index contributed by atoms with van der Waals surface area (Å²) in [5.74, 6) is 0. The lowest BCUT2D eigenvalue weighted by atomic mass is 10.0. The highest BCUT2D eigenvalue weighted by Gasteiger charge is 2.30. The Hall–Kier alpha value is 0.500. The van der Waals surface area contributed by atoms with Gasteiger partial charge in [-0.25, -0.2) is 0 Å². The number of hydrogen-bond donors (Lipinski definition) is 0. The monoisotopic (exact) mass is 267 g/mol. The zero-order chi connectivity index (χ0) is 12.2. The van der Waals surface area contributed by atoms with Crippen LogP contribution in [0.3, 0.4) is 0 Å². The second-order valence-electron chi connectivity index (χ2n) is 6.00. The normalized spacial score (nSPS) is 22.1. The first-order valence-electron chi connectivity index (χ1n) is 6.31. The molecule has 1 saturated heterocycles. The molecule has 16 heavy (non-hydrogen) atoms. The molecule has 96 valence electrons. The highest BCUT2D eigenvalue weighted by Crippen LogP contribution is 2.26. The Morgan fingerprint density at radius 3 is 2.00 bits per heavy atom. The summed E-state index contributed by atoms with van der Waals surface area (Å²) < 4.78 is 2.49. The minimum absolute atomic E-state index is 0.128. The molecule has 0 atom stereocenters. The smallest absolute Gasteiger partial charge is 0.0803 e. The maximum atomic E-state index is 5.86. The Balaban J connectivity index is 2.46. The molecular formula is C12H25Cl2N2+. The van der Waals surface area contributed by atoms with Gasteiger partial charge in [-0.1, -0.05) is 0 Å². The van der Waals surface area contributed by atoms with Gasteiger partial charge in [-0.05, 0) is 63.1 Å². The lowest BCUT2D eigenvalue weighted by Gasteiger charge is -2.37. The van der Waals surface area contributed by atoms with E-state index >= 15 is 0 Å². The van der Waals surface area contributed by atoms with Gasteiger partial charge in [0, 0.05) is 6.42 Å². The van der Waals surface area contributed by atoms with Crippen LogP contribution >= 0.6 is 23.6 Å². The maximum Gasteiger partial charge on any atom is 0.0803 e. The standard InChI is InChI=1S/C12H25Cl2N2/c1-12(2,15(13)14)8-11-16(3)9-6-4-5-7-10-16/h4-11H2,1-3H3/q+1. The summed E-state index contributed by atoms with van der Waals surface area (Å²) in [5.41, 5.74) is -0.128. The van der Waals surface area contributed by atoms with E-state index < -0.39 is 0 Å². The van der Waals surface area contributed by atoms with Crippen LogP contribution in [0.5, 0.6) is 0 Å². The van der Waals surface area contributed by atoms with E-state index in [2.05, 4.69) is 20.9 Å². The van der Waals surface area contributed by atoms with Crippen molar-refractivity contribution in [2.75, 3.05) is 26.7 Å². The molecule has 0 saturated carbocycles. The van der Waals surface area contributed by atoms with Gasteiger partial charge in [0.25, 0.3) is 0 Å². The van der Waals surface area contributed by atoms with Crippen molar-refractivity contribution in [2.24, 2.45) is 0 Å². The van der Waals surface area contributed by atoms with E-state index in [-0.39, 0.29) is 5.54 Å². The second-order valence-corrected chi connectivity index (χ2v) is 6.85. The summed E-state index contributed by atoms with van der Waals surface area (Å²) in [7, 11) is 2.37. The molecule has 0 radical (unpaired) electrons. The van der Waals surface area contributed by atoms with Crippen molar-refractivity contribution in [1.82, 2.24) is 3.94 Å². The molecule has 0 aromatic heterocycles. The van der Waals surface area contributed by atoms with Gasteiger partial charge < -0.3 is 4.48 Å². The lowest BCUT2D eigenvalue weighted by molar-refractivity contribution is -0.909. The quantitative estimate of drug-likeness (QED) is 0.554. The summed E-state index contributed by atoms with van der Waals surface area (Å²) in [4.78, 5) is 0. The van der Waals surface area contributed by atoms with E-state index in [4.69, 9.17) is 23.6 Å². The van der Waals surface area contributed by atoms with Gasteiger partial charge in [0.15, 0.2) is 0 Å². The number of nitrogens with zero attached hydrogens (tertiary/aromatic N) is 2. The molecule has 2 nitrogen and oxygen atoms in total. The molecular weight excluding hydrogens is 243 g/mol. The number of rotatable bonds is 4. The maximum absolute atomic E-state index is 5.86. The van der Waals surface area contributed by atoms with Crippen molar-refractivity contribution < 1.29 is 4.48 Å². The van der Waals surface area contributed by atoms with Crippen LogP contribution in [-0.2, 0) is 0 Å². The van der Waals surface area contributed by atoms with Crippen LogP contribution in [0, 0.1) is 0 Å². The summed E-state index contributed by atoms with van der Waals surface area (Å²) in [5, 5.41) is 0. The van der Waals surface area contributed by atoms with E-state index in [9.17, 15) is 0 Å². The molecule has 1 rings (SSSR count). The SMILES string of the molecule is CC(C)(CC[N+]1(C)CCCCCC1)N(Cl)Cl. The Labute approximate surface area is 110 Å². The number of likely N-dealkylation sites (tertiary alicyclic amines) is 1. The van der Waals surface area contributed by atoms with E-state index in [0.717, 1.165) is 6.42 Å². The minimum atomic E-state index is -0.128. The van der Waals surface area contributed by atoms with Gasteiger partial charge in [0.05, 0.1) is 32.2 Å². The molecule has 1 aliphatic heterocycles. The molecule has 0 aromatic carbocycles. The third-order valence-electron chi connectivity index (χ3n) is 3.87. The first-order chi connectivity index (χ1) is 7.36. The first-order valence-corrected chi connectivity index (χ1v) is 6.99. The zero-order valence-electron chi connectivity index (χ0n) is 10.8. The van der Waals surface area contributed by atoms with Crippen LogP contribution in [0.1, 0.15) is 46.0 Å². The fraction of sp³-hybridized carbons (Fsp3) is 1.00. The lowest BCUT2D eigenvalue weighted by Crippen LogP contribution is -2.48. The van der Waals surface area contributed by atoms with Crippen LogP contribution in [-0.4, -0.2) is 40.6 Å². The third-order valence-corrected chi connectivity index (χ3v) is 4.78. The molecule has 1 heterocycles. The van der Waals surface area contributed by atoms with E-state index in [0.29, 0.717) is 0 Å². The first kappa shape index (κ1) is 14.6. The highest BCUT2D eigenvalue weighted by atomic mass is 35.5. The average Bonchev–Trinajstić information content (AvgIpc) is 2.41. The van der Waals surface area contributed by atoms with Crippen molar-refractivity contribution in [3.8, 4) is 0 Å². The number of hydrogen-bond acceptors (Lipinski definition) is 1. The number of halogens is 2. The fourth-order valence-corrected chi connectivity index (χ4v) is 2.47. The highest BCUT2D eigenvalue weighted by molar-refractivity contribution is 6.34. The van der Waals surface area contributed by atoms with Gasteiger partial charge in [-0.15, -0.1) is 3.94 Å². The van der Waals surface area contributed by atoms with Crippen molar-refractivity contribution in [3.05, 3.63) is 0 Å². The molecule has 1 fully saturated rings. The number of quaternary nitrogens is 1. The fourth-order valence-electron chi connectivity index (χ4n) is 2.30. The predicted octanol–water partition coefficient (Wildman–Crippen LogP) is 3.79. The van der Waals surface area contributed by atoms with E-state index in [1.165, 1.54) is 53.7 Å². The van der Waals surface area contributed by atoms with E-state index in [1.54, 1.807) is 0 Å². The molecule has 1 aliphatic rings. The van der Waals surface area contributed by atoms with Gasteiger partial charge in [-0.3, -0.25) is 0 Å². The summed E-state index contributed by atoms with van der Waals surface area (Å²) in [6, 6.07) is 0. The predicted molar refractivity (Wildman–Crippen MR) is 71.5 cm³/mol. The molecule has 0 bridgehead atoms. The van der Waals surface area contributed by atoms with Gasteiger partial charge >= 0.3 is 0 Å². The van der Waals surface area contributed by atoms with Crippen LogP contribution in [0.4, 0.5) is 0 Å². The molecule has 0 unspecified atom stereocenters. The summed E-state index contributed by atoms with van der Waals surface area (Å²) in [6.45, 7) is 7.97.